The number of carbonyl (C=O) groups is 3. The Morgan fingerprint density at radius 1 is 1.08 bits per heavy atom. The summed E-state index contributed by atoms with van der Waals surface area (Å²) in [6, 6.07) is 11.6. The lowest BCUT2D eigenvalue weighted by atomic mass is 9.99. The van der Waals surface area contributed by atoms with Gasteiger partial charge in [-0.15, -0.1) is 0 Å². The minimum absolute atomic E-state index is 0.00870. The maximum absolute atomic E-state index is 14.0. The number of benzene rings is 2. The van der Waals surface area contributed by atoms with Crippen LogP contribution in [0.4, 0.5) is 4.79 Å². The Balaban J connectivity index is 2.51. The highest BCUT2D eigenvalue weighted by atomic mass is 16.6. The fraction of sp³-hybridized carbons (Fsp3) is 0.429. The second-order valence-corrected chi connectivity index (χ2v) is 9.80. The molecule has 0 heterocycles. The van der Waals surface area contributed by atoms with E-state index < -0.39 is 42.1 Å². The summed E-state index contributed by atoms with van der Waals surface area (Å²) >= 11 is 0. The van der Waals surface area contributed by atoms with Crippen molar-refractivity contribution >= 4 is 17.9 Å². The van der Waals surface area contributed by atoms with Crippen molar-refractivity contribution in [3.8, 4) is 17.6 Å². The van der Waals surface area contributed by atoms with Gasteiger partial charge in [0.2, 0.25) is 11.8 Å². The molecular formula is C28H36N4O6. The van der Waals surface area contributed by atoms with Crippen LogP contribution in [0.3, 0.4) is 0 Å². The van der Waals surface area contributed by atoms with Gasteiger partial charge in [-0.05, 0) is 51.0 Å². The van der Waals surface area contributed by atoms with Gasteiger partial charge in [-0.2, -0.15) is 5.26 Å². The Labute approximate surface area is 223 Å². The first-order valence-electron chi connectivity index (χ1n) is 12.5. The molecule has 2 rings (SSSR count). The number of nitriles is 1. The molecule has 2 aromatic rings. The van der Waals surface area contributed by atoms with Crippen LogP contribution in [0.25, 0.3) is 0 Å². The summed E-state index contributed by atoms with van der Waals surface area (Å²) < 4.78 is 5.35. The van der Waals surface area contributed by atoms with Crippen molar-refractivity contribution in [2.24, 2.45) is 0 Å². The fourth-order valence-electron chi connectivity index (χ4n) is 3.74. The van der Waals surface area contributed by atoms with Crippen molar-refractivity contribution in [2.45, 2.75) is 64.6 Å². The van der Waals surface area contributed by atoms with Crippen molar-refractivity contribution in [3.05, 3.63) is 59.7 Å². The summed E-state index contributed by atoms with van der Waals surface area (Å²) in [5.41, 5.74) is -0.0773. The fourth-order valence-corrected chi connectivity index (χ4v) is 3.74. The van der Waals surface area contributed by atoms with E-state index in [4.69, 9.17) is 4.74 Å². The van der Waals surface area contributed by atoms with E-state index in [1.165, 1.54) is 24.3 Å². The number of aromatic hydroxyl groups is 2. The highest BCUT2D eigenvalue weighted by Gasteiger charge is 2.37. The number of rotatable bonds is 11. The number of nitrogens with zero attached hydrogens (tertiary/aromatic N) is 2. The second-order valence-electron chi connectivity index (χ2n) is 9.80. The molecule has 0 saturated carbocycles. The molecule has 38 heavy (non-hydrogen) atoms. The summed E-state index contributed by atoms with van der Waals surface area (Å²) in [4.78, 5) is 41.0. The largest absolute Gasteiger partial charge is 0.508 e. The molecule has 204 valence electrons. The number of phenols is 2. The molecule has 2 atom stereocenters. The zero-order valence-corrected chi connectivity index (χ0v) is 22.2. The molecular weight excluding hydrogens is 488 g/mol. The van der Waals surface area contributed by atoms with Gasteiger partial charge in [-0.1, -0.05) is 43.7 Å². The van der Waals surface area contributed by atoms with E-state index in [-0.39, 0.29) is 23.5 Å². The van der Waals surface area contributed by atoms with Gasteiger partial charge in [0.25, 0.3) is 0 Å². The molecule has 0 spiro atoms. The predicted octanol–water partition coefficient (Wildman–Crippen LogP) is 3.54. The van der Waals surface area contributed by atoms with Crippen LogP contribution in [0, 0.1) is 11.3 Å². The number of carbonyl (C=O) groups excluding carboxylic acids is 3. The van der Waals surface area contributed by atoms with E-state index in [0.717, 1.165) is 11.3 Å². The van der Waals surface area contributed by atoms with Crippen molar-refractivity contribution in [3.63, 3.8) is 0 Å². The minimum Gasteiger partial charge on any atom is -0.508 e. The van der Waals surface area contributed by atoms with Crippen LogP contribution in [-0.2, 0) is 20.7 Å². The molecule has 0 saturated heterocycles. The number of alkyl carbamates (subject to hydrolysis) is 1. The van der Waals surface area contributed by atoms with Crippen molar-refractivity contribution in [1.82, 2.24) is 15.5 Å². The van der Waals surface area contributed by atoms with Gasteiger partial charge in [-0.3, -0.25) is 9.59 Å². The number of nitrogens with one attached hydrogen (secondary N) is 2. The normalized spacial score (nSPS) is 12.5. The maximum Gasteiger partial charge on any atom is 0.408 e. The van der Waals surface area contributed by atoms with Crippen LogP contribution in [0.5, 0.6) is 11.5 Å². The Morgan fingerprint density at radius 2 is 1.74 bits per heavy atom. The molecule has 0 radical (unpaired) electrons. The number of ether oxygens (including phenoxy) is 1. The number of hydrogen-bond donors (Lipinski definition) is 4. The van der Waals surface area contributed by atoms with Crippen LogP contribution >= 0.6 is 0 Å². The minimum atomic E-state index is -1.33. The molecule has 3 amide bonds. The summed E-state index contributed by atoms with van der Waals surface area (Å²) in [5, 5.41) is 35.1. The third kappa shape index (κ3) is 9.00. The molecule has 0 bridgehead atoms. The molecule has 10 heteroatoms. The average Bonchev–Trinajstić information content (AvgIpc) is 2.84. The van der Waals surface area contributed by atoms with E-state index in [9.17, 15) is 29.9 Å². The Hall–Kier alpha value is -4.26. The van der Waals surface area contributed by atoms with Crippen molar-refractivity contribution in [2.75, 3.05) is 13.1 Å². The molecule has 4 N–H and O–H groups in total. The van der Waals surface area contributed by atoms with Gasteiger partial charge in [0.1, 0.15) is 35.7 Å². The smallest absolute Gasteiger partial charge is 0.408 e. The molecule has 0 aliphatic carbocycles. The number of phenolic OH excluding ortho intramolecular Hbond substituents is 2. The highest BCUT2D eigenvalue weighted by molar-refractivity contribution is 5.92. The monoisotopic (exact) mass is 524 g/mol. The van der Waals surface area contributed by atoms with Gasteiger partial charge in [0.15, 0.2) is 0 Å². The first-order chi connectivity index (χ1) is 18.0. The topological polar surface area (TPSA) is 152 Å². The third-order valence-electron chi connectivity index (χ3n) is 5.51. The van der Waals surface area contributed by atoms with Crippen LogP contribution in [-0.4, -0.2) is 57.8 Å². The van der Waals surface area contributed by atoms with E-state index >= 15 is 0 Å². The molecule has 0 aliphatic heterocycles. The Kier molecular flexibility index (Phi) is 10.9. The van der Waals surface area contributed by atoms with Crippen molar-refractivity contribution in [1.29, 1.82) is 5.26 Å². The molecule has 0 fully saturated rings. The van der Waals surface area contributed by atoms with Gasteiger partial charge >= 0.3 is 6.09 Å². The number of unbranched alkanes of at least 4 members (excludes halogenated alkanes) is 1. The van der Waals surface area contributed by atoms with Crippen molar-refractivity contribution < 1.29 is 29.3 Å². The van der Waals surface area contributed by atoms with E-state index in [0.29, 0.717) is 18.5 Å². The lowest BCUT2D eigenvalue weighted by Gasteiger charge is -2.33. The Morgan fingerprint density at radius 3 is 2.32 bits per heavy atom. The third-order valence-corrected chi connectivity index (χ3v) is 5.51. The molecule has 2 aromatic carbocycles. The lowest BCUT2D eigenvalue weighted by molar-refractivity contribution is -0.141. The second kappa shape index (κ2) is 13.9. The Bertz CT molecular complexity index is 1140. The molecule has 10 nitrogen and oxygen atoms in total. The van der Waals surface area contributed by atoms with E-state index in [1.54, 1.807) is 45.0 Å². The standard InChI is InChI=1S/C28H36N4O6/c1-5-6-16-30-25(35)24(21-9-7-8-10-23(21)34)32(17-15-29)26(36)22(31-27(37)38-28(2,3)4)18-19-11-13-20(33)14-12-19/h7-14,22,24,33-34H,5-6,16-18H2,1-4H3,(H,30,35)(H,31,37). The summed E-state index contributed by atoms with van der Waals surface area (Å²) in [7, 11) is 0. The molecule has 2 unspecified atom stereocenters. The van der Waals surface area contributed by atoms with E-state index in [1.807, 2.05) is 13.0 Å². The number of hydrogen-bond acceptors (Lipinski definition) is 7. The average molecular weight is 525 g/mol. The van der Waals surface area contributed by atoms with Crippen LogP contribution in [0.15, 0.2) is 48.5 Å². The SMILES string of the molecule is CCCCNC(=O)C(c1ccccc1O)N(CC#N)C(=O)C(Cc1ccc(O)cc1)NC(=O)OC(C)(C)C. The first kappa shape index (κ1) is 30.0. The van der Waals surface area contributed by atoms with Gasteiger partial charge in [0.05, 0.1) is 6.07 Å². The lowest BCUT2D eigenvalue weighted by Crippen LogP contribution is -2.54. The van der Waals surface area contributed by atoms with Crippen LogP contribution in [0.1, 0.15) is 57.7 Å². The molecule has 0 aliphatic rings. The first-order valence-corrected chi connectivity index (χ1v) is 12.5. The highest BCUT2D eigenvalue weighted by Crippen LogP contribution is 2.30. The summed E-state index contributed by atoms with van der Waals surface area (Å²) in [6.45, 7) is 6.87. The summed E-state index contributed by atoms with van der Waals surface area (Å²) in [5.74, 6) is -1.46. The van der Waals surface area contributed by atoms with Crippen LogP contribution in [0.2, 0.25) is 0 Å². The molecule has 0 aromatic heterocycles. The van der Waals surface area contributed by atoms with Gasteiger partial charge in [-0.25, -0.2) is 4.79 Å². The quantitative estimate of drug-likeness (QED) is 0.259. The zero-order chi connectivity index (χ0) is 28.3. The maximum atomic E-state index is 14.0. The van der Waals surface area contributed by atoms with Crippen LogP contribution < -0.4 is 10.6 Å². The summed E-state index contributed by atoms with van der Waals surface area (Å²) in [6.07, 6.45) is 0.676. The predicted molar refractivity (Wildman–Crippen MR) is 141 cm³/mol. The number of amides is 3. The van der Waals surface area contributed by atoms with Gasteiger partial charge in [0, 0.05) is 18.5 Å². The zero-order valence-electron chi connectivity index (χ0n) is 22.2. The van der Waals surface area contributed by atoms with Gasteiger partial charge < -0.3 is 30.5 Å². The number of para-hydroxylation sites is 1. The van der Waals surface area contributed by atoms with E-state index in [2.05, 4.69) is 10.6 Å².